The quantitative estimate of drug-likeness (QED) is 0.891. The number of ether oxygens (including phenoxy) is 2. The molecule has 4 nitrogen and oxygen atoms in total. The number of aryl methyl sites for hydroxylation is 1. The third-order valence-corrected chi connectivity index (χ3v) is 2.96. The van der Waals surface area contributed by atoms with Crippen molar-refractivity contribution >= 4 is 0 Å². The van der Waals surface area contributed by atoms with Crippen molar-refractivity contribution in [2.45, 2.75) is 13.0 Å². The van der Waals surface area contributed by atoms with E-state index in [0.29, 0.717) is 5.75 Å². The molecule has 1 N–H and O–H groups in total. The Morgan fingerprint density at radius 1 is 1.14 bits per heavy atom. The Bertz CT molecular complexity index is 665. The van der Waals surface area contributed by atoms with Crippen LogP contribution in [0.2, 0.25) is 0 Å². The second kappa shape index (κ2) is 7.43. The van der Waals surface area contributed by atoms with Crippen molar-refractivity contribution in [3.63, 3.8) is 0 Å². The summed E-state index contributed by atoms with van der Waals surface area (Å²) in [4.78, 5) is 0. The maximum absolute atomic E-state index is 13.6. The fourth-order valence-electron chi connectivity index (χ4n) is 1.75. The molecule has 1 atom stereocenters. The molecule has 0 aliphatic carbocycles. The highest BCUT2D eigenvalue weighted by molar-refractivity contribution is 5.36. The Morgan fingerprint density at radius 2 is 1.82 bits per heavy atom. The number of rotatable bonds is 6. The van der Waals surface area contributed by atoms with Gasteiger partial charge in [-0.1, -0.05) is 17.7 Å². The molecule has 0 saturated carbocycles. The van der Waals surface area contributed by atoms with E-state index in [-0.39, 0.29) is 24.5 Å². The second-order valence-corrected chi connectivity index (χ2v) is 4.85. The van der Waals surface area contributed by atoms with Crippen LogP contribution in [0, 0.1) is 24.1 Å². The van der Waals surface area contributed by atoms with Crippen molar-refractivity contribution in [1.29, 1.82) is 5.26 Å². The largest absolute Gasteiger partial charge is 0.491 e. The Kier molecular flexibility index (Phi) is 5.34. The summed E-state index contributed by atoms with van der Waals surface area (Å²) in [5.41, 5.74) is 1.33. The van der Waals surface area contributed by atoms with Crippen LogP contribution in [-0.2, 0) is 0 Å². The summed E-state index contributed by atoms with van der Waals surface area (Å²) in [5, 5.41) is 18.4. The molecule has 0 aliphatic rings. The number of nitriles is 1. The van der Waals surface area contributed by atoms with Crippen molar-refractivity contribution in [2.75, 3.05) is 13.2 Å². The van der Waals surface area contributed by atoms with Crippen LogP contribution in [0.5, 0.6) is 11.5 Å². The highest BCUT2D eigenvalue weighted by Crippen LogP contribution is 2.18. The molecule has 5 heteroatoms. The Labute approximate surface area is 128 Å². The van der Waals surface area contributed by atoms with Gasteiger partial charge in [-0.2, -0.15) is 5.26 Å². The SMILES string of the molecule is Cc1ccc(OCC(O)COc2ccc(C#N)cc2F)cc1. The number of halogens is 1. The van der Waals surface area contributed by atoms with Crippen LogP contribution in [0.25, 0.3) is 0 Å². The molecule has 0 spiro atoms. The van der Waals surface area contributed by atoms with Crippen LogP contribution in [0.15, 0.2) is 42.5 Å². The lowest BCUT2D eigenvalue weighted by Gasteiger charge is -2.14. The summed E-state index contributed by atoms with van der Waals surface area (Å²) in [6.45, 7) is 1.91. The Hall–Kier alpha value is -2.58. The van der Waals surface area contributed by atoms with Gasteiger partial charge in [-0.15, -0.1) is 0 Å². The maximum Gasteiger partial charge on any atom is 0.166 e. The van der Waals surface area contributed by atoms with Gasteiger partial charge in [0.05, 0.1) is 11.6 Å². The van der Waals surface area contributed by atoms with Crippen LogP contribution >= 0.6 is 0 Å². The van der Waals surface area contributed by atoms with E-state index >= 15 is 0 Å². The molecule has 2 aromatic carbocycles. The molecule has 1 unspecified atom stereocenters. The highest BCUT2D eigenvalue weighted by atomic mass is 19.1. The zero-order valence-corrected chi connectivity index (χ0v) is 12.1. The lowest BCUT2D eigenvalue weighted by molar-refractivity contribution is 0.0612. The zero-order valence-electron chi connectivity index (χ0n) is 12.1. The molecule has 0 aliphatic heterocycles. The summed E-state index contributed by atoms with van der Waals surface area (Å²) in [6, 6.07) is 13.2. The number of aliphatic hydroxyl groups excluding tert-OH is 1. The van der Waals surface area contributed by atoms with Gasteiger partial charge in [0, 0.05) is 0 Å². The van der Waals surface area contributed by atoms with Crippen LogP contribution in [0.3, 0.4) is 0 Å². The molecule has 0 amide bonds. The first-order valence-electron chi connectivity index (χ1n) is 6.78. The number of nitrogens with zero attached hydrogens (tertiary/aromatic N) is 1. The number of hydrogen-bond acceptors (Lipinski definition) is 4. The first-order chi connectivity index (χ1) is 10.6. The standard InChI is InChI=1S/C17H16FNO3/c1-12-2-5-15(6-3-12)21-10-14(20)11-22-17-7-4-13(9-19)8-16(17)18/h2-8,14,20H,10-11H2,1H3. The van der Waals surface area contributed by atoms with E-state index in [1.165, 1.54) is 12.1 Å². The van der Waals surface area contributed by atoms with E-state index in [1.54, 1.807) is 0 Å². The fraction of sp³-hybridized carbons (Fsp3) is 0.235. The lowest BCUT2D eigenvalue weighted by Crippen LogP contribution is -2.25. The predicted octanol–water partition coefficient (Wildman–Crippen LogP) is 2.82. The van der Waals surface area contributed by atoms with Gasteiger partial charge in [0.2, 0.25) is 0 Å². The number of hydrogen-bond donors (Lipinski definition) is 1. The van der Waals surface area contributed by atoms with Gasteiger partial charge in [0.1, 0.15) is 25.1 Å². The van der Waals surface area contributed by atoms with Gasteiger partial charge in [0.25, 0.3) is 0 Å². The molecule has 0 radical (unpaired) electrons. The van der Waals surface area contributed by atoms with Crippen LogP contribution in [0.4, 0.5) is 4.39 Å². The predicted molar refractivity (Wildman–Crippen MR) is 79.3 cm³/mol. The lowest BCUT2D eigenvalue weighted by atomic mass is 10.2. The molecule has 22 heavy (non-hydrogen) atoms. The molecule has 2 rings (SSSR count). The van der Waals surface area contributed by atoms with E-state index in [1.807, 2.05) is 37.3 Å². The fourth-order valence-corrected chi connectivity index (χ4v) is 1.75. The van der Waals surface area contributed by atoms with E-state index in [0.717, 1.165) is 11.6 Å². The van der Waals surface area contributed by atoms with Crippen molar-refractivity contribution in [2.24, 2.45) is 0 Å². The van der Waals surface area contributed by atoms with Crippen LogP contribution < -0.4 is 9.47 Å². The van der Waals surface area contributed by atoms with Gasteiger partial charge < -0.3 is 14.6 Å². The molecule has 2 aromatic rings. The minimum absolute atomic E-state index is 0.00612. The molecule has 0 saturated heterocycles. The van der Waals surface area contributed by atoms with Crippen LogP contribution in [0.1, 0.15) is 11.1 Å². The van der Waals surface area contributed by atoms with E-state index in [2.05, 4.69) is 0 Å². The molecular formula is C17H16FNO3. The minimum Gasteiger partial charge on any atom is -0.491 e. The summed E-state index contributed by atoms with van der Waals surface area (Å²) in [6.07, 6.45) is -0.892. The minimum atomic E-state index is -0.892. The molecular weight excluding hydrogens is 285 g/mol. The molecule has 0 aromatic heterocycles. The molecule has 0 fully saturated rings. The Morgan fingerprint density at radius 3 is 2.45 bits per heavy atom. The van der Waals surface area contributed by atoms with Gasteiger partial charge in [-0.05, 0) is 37.3 Å². The normalized spacial score (nSPS) is 11.5. The van der Waals surface area contributed by atoms with Crippen molar-refractivity contribution in [3.05, 3.63) is 59.4 Å². The zero-order chi connectivity index (χ0) is 15.9. The Balaban J connectivity index is 1.81. The average Bonchev–Trinajstić information content (AvgIpc) is 2.53. The molecule has 114 valence electrons. The third-order valence-electron chi connectivity index (χ3n) is 2.96. The summed E-state index contributed by atoms with van der Waals surface area (Å²) in [7, 11) is 0. The number of benzene rings is 2. The van der Waals surface area contributed by atoms with Gasteiger partial charge in [-0.3, -0.25) is 0 Å². The highest BCUT2D eigenvalue weighted by Gasteiger charge is 2.10. The van der Waals surface area contributed by atoms with Crippen LogP contribution in [-0.4, -0.2) is 24.4 Å². The molecule has 0 bridgehead atoms. The van der Waals surface area contributed by atoms with Gasteiger partial charge in [0.15, 0.2) is 11.6 Å². The summed E-state index contributed by atoms with van der Waals surface area (Å²) >= 11 is 0. The van der Waals surface area contributed by atoms with E-state index in [9.17, 15) is 9.50 Å². The average molecular weight is 301 g/mol. The third kappa shape index (κ3) is 4.47. The summed E-state index contributed by atoms with van der Waals surface area (Å²) < 4.78 is 24.2. The number of aliphatic hydroxyl groups is 1. The van der Waals surface area contributed by atoms with Gasteiger partial charge in [-0.25, -0.2) is 4.39 Å². The first-order valence-corrected chi connectivity index (χ1v) is 6.78. The van der Waals surface area contributed by atoms with Crippen molar-refractivity contribution in [3.8, 4) is 17.6 Å². The first kappa shape index (κ1) is 15.8. The summed E-state index contributed by atoms with van der Waals surface area (Å²) in [5.74, 6) is 0.00768. The van der Waals surface area contributed by atoms with Crippen molar-refractivity contribution in [1.82, 2.24) is 0 Å². The second-order valence-electron chi connectivity index (χ2n) is 4.85. The van der Waals surface area contributed by atoms with Crippen molar-refractivity contribution < 1.29 is 19.0 Å². The maximum atomic E-state index is 13.6. The van der Waals surface area contributed by atoms with E-state index < -0.39 is 11.9 Å². The van der Waals surface area contributed by atoms with E-state index in [4.69, 9.17) is 14.7 Å². The smallest absolute Gasteiger partial charge is 0.166 e. The monoisotopic (exact) mass is 301 g/mol. The topological polar surface area (TPSA) is 62.5 Å². The van der Waals surface area contributed by atoms with Gasteiger partial charge >= 0.3 is 0 Å². The molecule has 0 heterocycles.